The van der Waals surface area contributed by atoms with E-state index in [0.29, 0.717) is 11.8 Å². The van der Waals surface area contributed by atoms with Gasteiger partial charge in [-0.1, -0.05) is 6.42 Å². The highest BCUT2D eigenvalue weighted by atomic mass is 32.2. The Labute approximate surface area is 103 Å². The maximum absolute atomic E-state index is 11.4. The fourth-order valence-corrected chi connectivity index (χ4v) is 4.02. The van der Waals surface area contributed by atoms with Gasteiger partial charge in [0.15, 0.2) is 0 Å². The van der Waals surface area contributed by atoms with Crippen LogP contribution < -0.4 is 0 Å². The van der Waals surface area contributed by atoms with Crippen molar-refractivity contribution < 1.29 is 4.79 Å². The summed E-state index contributed by atoms with van der Waals surface area (Å²) < 4.78 is 0. The van der Waals surface area contributed by atoms with E-state index in [9.17, 15) is 4.79 Å². The Morgan fingerprint density at radius 3 is 2.88 bits per heavy atom. The smallest absolute Gasteiger partial charge is 0.135 e. The lowest BCUT2D eigenvalue weighted by Gasteiger charge is -2.42. The van der Waals surface area contributed by atoms with Crippen molar-refractivity contribution >= 4 is 17.5 Å². The number of carbonyl (C=O) groups is 1. The number of hydrogen-bond donors (Lipinski definition) is 0. The molecule has 3 unspecified atom stereocenters. The SMILES string of the molecule is CSC1CCCC(N2CCC(=O)CC2C)C1. The molecule has 1 aliphatic carbocycles. The summed E-state index contributed by atoms with van der Waals surface area (Å²) in [6, 6.07) is 1.22. The maximum Gasteiger partial charge on any atom is 0.135 e. The Morgan fingerprint density at radius 2 is 2.19 bits per heavy atom. The van der Waals surface area contributed by atoms with Crippen LogP contribution in [0.15, 0.2) is 0 Å². The van der Waals surface area contributed by atoms with Crippen LogP contribution >= 0.6 is 11.8 Å². The first-order valence-corrected chi connectivity index (χ1v) is 7.79. The quantitative estimate of drug-likeness (QED) is 0.741. The summed E-state index contributed by atoms with van der Waals surface area (Å²) in [5, 5.41) is 0.851. The molecule has 2 nitrogen and oxygen atoms in total. The second-order valence-electron chi connectivity index (χ2n) is 5.26. The third kappa shape index (κ3) is 2.80. The first-order valence-electron chi connectivity index (χ1n) is 6.51. The molecule has 0 aromatic rings. The molecule has 2 rings (SSSR count). The van der Waals surface area contributed by atoms with Gasteiger partial charge in [-0.3, -0.25) is 9.69 Å². The lowest BCUT2D eigenvalue weighted by Crippen LogP contribution is -2.49. The summed E-state index contributed by atoms with van der Waals surface area (Å²) in [6.45, 7) is 3.23. The standard InChI is InChI=1S/C13H23NOS/c1-10-8-12(15)6-7-14(10)11-4-3-5-13(9-11)16-2/h10-11,13H,3-9H2,1-2H3. The Hall–Kier alpha value is -0.0200. The van der Waals surface area contributed by atoms with Crippen molar-refractivity contribution in [2.75, 3.05) is 12.8 Å². The van der Waals surface area contributed by atoms with Crippen LogP contribution in [0.1, 0.15) is 45.4 Å². The molecule has 1 saturated heterocycles. The molecule has 0 aromatic carbocycles. The fourth-order valence-electron chi connectivity index (χ4n) is 3.20. The van der Waals surface area contributed by atoms with Crippen molar-refractivity contribution in [3.8, 4) is 0 Å². The summed E-state index contributed by atoms with van der Waals surface area (Å²) in [5.41, 5.74) is 0. The molecule has 2 fully saturated rings. The molecule has 0 aromatic heterocycles. The third-order valence-electron chi connectivity index (χ3n) is 4.14. The summed E-state index contributed by atoms with van der Waals surface area (Å²) in [4.78, 5) is 14.0. The number of likely N-dealkylation sites (tertiary alicyclic amines) is 1. The van der Waals surface area contributed by atoms with Gasteiger partial charge in [0, 0.05) is 36.7 Å². The Bertz CT molecular complexity index is 256. The van der Waals surface area contributed by atoms with Gasteiger partial charge < -0.3 is 0 Å². The van der Waals surface area contributed by atoms with Crippen LogP contribution in [0.4, 0.5) is 0 Å². The number of Topliss-reactive ketones (excluding diaryl/α,β-unsaturated/α-hetero) is 1. The first kappa shape index (κ1) is 12.4. The molecule has 16 heavy (non-hydrogen) atoms. The minimum absolute atomic E-state index is 0.459. The summed E-state index contributed by atoms with van der Waals surface area (Å²) in [5.74, 6) is 0.459. The Kier molecular flexibility index (Phi) is 4.31. The average molecular weight is 241 g/mol. The lowest BCUT2D eigenvalue weighted by molar-refractivity contribution is -0.123. The van der Waals surface area contributed by atoms with Crippen molar-refractivity contribution in [1.29, 1.82) is 0 Å². The zero-order valence-electron chi connectivity index (χ0n) is 10.4. The molecule has 0 spiro atoms. The van der Waals surface area contributed by atoms with Gasteiger partial charge in [0.2, 0.25) is 0 Å². The lowest BCUT2D eigenvalue weighted by atomic mass is 9.90. The molecule has 3 heteroatoms. The van der Waals surface area contributed by atoms with Gasteiger partial charge in [0.05, 0.1) is 0 Å². The van der Waals surface area contributed by atoms with E-state index in [2.05, 4.69) is 18.1 Å². The predicted octanol–water partition coefficient (Wildman–Crippen LogP) is 2.71. The molecule has 1 heterocycles. The van der Waals surface area contributed by atoms with Crippen LogP contribution in [-0.4, -0.2) is 40.8 Å². The van der Waals surface area contributed by atoms with Crippen molar-refractivity contribution in [3.63, 3.8) is 0 Å². The van der Waals surface area contributed by atoms with E-state index in [4.69, 9.17) is 0 Å². The van der Waals surface area contributed by atoms with Gasteiger partial charge in [0.1, 0.15) is 5.78 Å². The summed E-state index contributed by atoms with van der Waals surface area (Å²) in [7, 11) is 0. The van der Waals surface area contributed by atoms with Gasteiger partial charge in [-0.05, 0) is 32.4 Å². The predicted molar refractivity (Wildman–Crippen MR) is 70.0 cm³/mol. The number of carbonyl (C=O) groups excluding carboxylic acids is 1. The number of thioether (sulfide) groups is 1. The molecule has 3 atom stereocenters. The molecule has 92 valence electrons. The van der Waals surface area contributed by atoms with Crippen molar-refractivity contribution in [2.45, 2.75) is 62.8 Å². The second kappa shape index (κ2) is 5.54. The van der Waals surface area contributed by atoms with Crippen molar-refractivity contribution in [1.82, 2.24) is 4.90 Å². The van der Waals surface area contributed by atoms with Crippen LogP contribution in [0, 0.1) is 0 Å². The highest BCUT2D eigenvalue weighted by molar-refractivity contribution is 7.99. The van der Waals surface area contributed by atoms with Gasteiger partial charge in [-0.15, -0.1) is 0 Å². The topological polar surface area (TPSA) is 20.3 Å². The summed E-state index contributed by atoms with van der Waals surface area (Å²) in [6.07, 6.45) is 9.23. The molecular weight excluding hydrogens is 218 g/mol. The number of nitrogens with zero attached hydrogens (tertiary/aromatic N) is 1. The third-order valence-corrected chi connectivity index (χ3v) is 5.23. The zero-order valence-corrected chi connectivity index (χ0v) is 11.3. The van der Waals surface area contributed by atoms with Gasteiger partial charge in [0.25, 0.3) is 0 Å². The number of hydrogen-bond acceptors (Lipinski definition) is 3. The zero-order chi connectivity index (χ0) is 11.5. The molecule has 0 amide bonds. The highest BCUT2D eigenvalue weighted by Gasteiger charge is 2.32. The van der Waals surface area contributed by atoms with Gasteiger partial charge in [-0.25, -0.2) is 0 Å². The van der Waals surface area contributed by atoms with E-state index in [-0.39, 0.29) is 0 Å². The van der Waals surface area contributed by atoms with E-state index in [1.807, 2.05) is 11.8 Å². The molecule has 0 bridgehead atoms. The van der Waals surface area contributed by atoms with Crippen molar-refractivity contribution in [3.05, 3.63) is 0 Å². The molecule has 0 radical (unpaired) electrons. The maximum atomic E-state index is 11.4. The number of rotatable bonds is 2. The average Bonchev–Trinajstić information content (AvgIpc) is 2.29. The Balaban J connectivity index is 1.93. The molecule has 2 aliphatic rings. The minimum Gasteiger partial charge on any atom is -0.300 e. The van der Waals surface area contributed by atoms with Crippen LogP contribution in [0.2, 0.25) is 0 Å². The van der Waals surface area contributed by atoms with Crippen LogP contribution in [0.25, 0.3) is 0 Å². The van der Waals surface area contributed by atoms with Crippen molar-refractivity contribution in [2.24, 2.45) is 0 Å². The Morgan fingerprint density at radius 1 is 1.38 bits per heavy atom. The van der Waals surface area contributed by atoms with Gasteiger partial charge in [-0.2, -0.15) is 11.8 Å². The monoisotopic (exact) mass is 241 g/mol. The molecular formula is C13H23NOS. The molecule has 1 aliphatic heterocycles. The molecule has 0 N–H and O–H groups in total. The number of ketones is 1. The van der Waals surface area contributed by atoms with Crippen LogP contribution in [-0.2, 0) is 4.79 Å². The van der Waals surface area contributed by atoms with E-state index in [0.717, 1.165) is 30.7 Å². The van der Waals surface area contributed by atoms with Crippen LogP contribution in [0.5, 0.6) is 0 Å². The first-order chi connectivity index (χ1) is 7.70. The number of piperidine rings is 1. The van der Waals surface area contributed by atoms with E-state index in [1.165, 1.54) is 25.7 Å². The second-order valence-corrected chi connectivity index (χ2v) is 6.40. The van der Waals surface area contributed by atoms with E-state index < -0.39 is 0 Å². The van der Waals surface area contributed by atoms with E-state index >= 15 is 0 Å². The fraction of sp³-hybridized carbons (Fsp3) is 0.923. The van der Waals surface area contributed by atoms with E-state index in [1.54, 1.807) is 0 Å². The van der Waals surface area contributed by atoms with Gasteiger partial charge >= 0.3 is 0 Å². The van der Waals surface area contributed by atoms with Crippen LogP contribution in [0.3, 0.4) is 0 Å². The summed E-state index contributed by atoms with van der Waals surface area (Å²) >= 11 is 2.02. The minimum atomic E-state index is 0.459. The normalized spacial score (nSPS) is 37.6. The largest absolute Gasteiger partial charge is 0.300 e. The molecule has 1 saturated carbocycles. The highest BCUT2D eigenvalue weighted by Crippen LogP contribution is 2.32.